The lowest BCUT2D eigenvalue weighted by Crippen LogP contribution is -2.05. The van der Waals surface area contributed by atoms with Gasteiger partial charge in [-0.25, -0.2) is 4.98 Å². The molecule has 3 aromatic rings. The van der Waals surface area contributed by atoms with Gasteiger partial charge in [-0.2, -0.15) is 13.2 Å². The molecule has 0 bridgehead atoms. The smallest absolute Gasteiger partial charge is 0.327 e. The Morgan fingerprint density at radius 3 is 2.38 bits per heavy atom. The molecule has 0 amide bonds. The van der Waals surface area contributed by atoms with E-state index < -0.39 is 11.7 Å². The minimum atomic E-state index is -4.34. The number of halogens is 3. The van der Waals surface area contributed by atoms with E-state index in [1.165, 1.54) is 12.1 Å². The van der Waals surface area contributed by atoms with Gasteiger partial charge in [-0.05, 0) is 23.3 Å². The fourth-order valence-electron chi connectivity index (χ4n) is 2.56. The van der Waals surface area contributed by atoms with E-state index in [0.717, 1.165) is 23.3 Å². The van der Waals surface area contributed by atoms with Gasteiger partial charge in [-0.1, -0.05) is 36.4 Å². The largest absolute Gasteiger partial charge is 0.416 e. The van der Waals surface area contributed by atoms with Crippen LogP contribution in [0.15, 0.2) is 60.9 Å². The maximum absolute atomic E-state index is 12.7. The molecule has 6 heteroatoms. The lowest BCUT2D eigenvalue weighted by molar-refractivity contribution is -0.137. The van der Waals surface area contributed by atoms with Crippen LogP contribution >= 0.6 is 0 Å². The summed E-state index contributed by atoms with van der Waals surface area (Å²) in [6.07, 6.45) is -0.890. The highest BCUT2D eigenvalue weighted by atomic mass is 19.4. The number of aromatic nitrogens is 2. The molecule has 0 aliphatic carbocycles. The number of benzene rings is 2. The molecule has 0 spiro atoms. The quantitative estimate of drug-likeness (QED) is 0.783. The summed E-state index contributed by atoms with van der Waals surface area (Å²) in [5, 5.41) is 0. The van der Waals surface area contributed by atoms with Crippen LogP contribution in [-0.2, 0) is 19.3 Å². The lowest BCUT2D eigenvalue weighted by Gasteiger charge is -2.11. The Bertz CT molecular complexity index is 820. The third-order valence-electron chi connectivity index (χ3n) is 3.77. The molecular formula is C18H16F3N3. The zero-order chi connectivity index (χ0) is 17.2. The summed E-state index contributed by atoms with van der Waals surface area (Å²) in [7, 11) is 0. The first kappa shape index (κ1) is 16.3. The first-order valence-electron chi connectivity index (χ1n) is 7.44. The Balaban J connectivity index is 1.87. The number of rotatable bonds is 4. The van der Waals surface area contributed by atoms with Crippen molar-refractivity contribution in [1.29, 1.82) is 0 Å². The van der Waals surface area contributed by atoms with Crippen LogP contribution in [0.1, 0.15) is 16.7 Å². The average Bonchev–Trinajstić information content (AvgIpc) is 3.02. The second-order valence-electron chi connectivity index (χ2n) is 5.48. The van der Waals surface area contributed by atoms with Gasteiger partial charge in [0.1, 0.15) is 5.82 Å². The predicted molar refractivity (Wildman–Crippen MR) is 86.1 cm³/mol. The molecule has 0 aliphatic rings. The summed E-state index contributed by atoms with van der Waals surface area (Å²) in [6.45, 7) is 1.04. The van der Waals surface area contributed by atoms with Gasteiger partial charge in [0.05, 0.1) is 5.56 Å². The van der Waals surface area contributed by atoms with E-state index >= 15 is 0 Å². The Morgan fingerprint density at radius 1 is 1.00 bits per heavy atom. The minimum Gasteiger partial charge on any atom is -0.327 e. The molecule has 0 saturated carbocycles. The van der Waals surface area contributed by atoms with Crippen LogP contribution in [0.2, 0.25) is 0 Å². The molecule has 24 heavy (non-hydrogen) atoms. The molecule has 0 atom stereocenters. The molecule has 2 aromatic carbocycles. The average molecular weight is 331 g/mol. The Hall–Kier alpha value is -2.60. The second-order valence-corrected chi connectivity index (χ2v) is 5.48. The Labute approximate surface area is 137 Å². The van der Waals surface area contributed by atoms with E-state index in [2.05, 4.69) is 4.98 Å². The molecule has 0 fully saturated rings. The van der Waals surface area contributed by atoms with Crippen molar-refractivity contribution < 1.29 is 13.2 Å². The van der Waals surface area contributed by atoms with Crippen LogP contribution < -0.4 is 5.73 Å². The first-order valence-corrected chi connectivity index (χ1v) is 7.44. The zero-order valence-electron chi connectivity index (χ0n) is 12.8. The van der Waals surface area contributed by atoms with Crippen molar-refractivity contribution >= 4 is 0 Å². The fraction of sp³-hybridized carbons (Fsp3) is 0.167. The normalized spacial score (nSPS) is 11.7. The molecule has 0 saturated heterocycles. The van der Waals surface area contributed by atoms with E-state index in [1.54, 1.807) is 6.20 Å². The Kier molecular flexibility index (Phi) is 4.40. The van der Waals surface area contributed by atoms with Gasteiger partial charge in [0.15, 0.2) is 0 Å². The SMILES string of the molecule is NCc1cccc(Cn2ccnc2-c2ccc(C(F)(F)F)cc2)c1. The van der Waals surface area contributed by atoms with Crippen molar-refractivity contribution in [3.05, 3.63) is 77.6 Å². The molecule has 0 aliphatic heterocycles. The highest BCUT2D eigenvalue weighted by Gasteiger charge is 2.30. The van der Waals surface area contributed by atoms with Crippen LogP contribution in [0.5, 0.6) is 0 Å². The van der Waals surface area contributed by atoms with Crippen molar-refractivity contribution in [1.82, 2.24) is 9.55 Å². The number of alkyl halides is 3. The second kappa shape index (κ2) is 6.49. The van der Waals surface area contributed by atoms with Crippen molar-refractivity contribution in [2.24, 2.45) is 5.73 Å². The molecule has 3 nitrogen and oxygen atoms in total. The monoisotopic (exact) mass is 331 g/mol. The van der Waals surface area contributed by atoms with Gasteiger partial charge in [-0.3, -0.25) is 0 Å². The van der Waals surface area contributed by atoms with Gasteiger partial charge < -0.3 is 10.3 Å². The van der Waals surface area contributed by atoms with Crippen molar-refractivity contribution in [2.75, 3.05) is 0 Å². The highest BCUT2D eigenvalue weighted by molar-refractivity contribution is 5.56. The summed E-state index contributed by atoms with van der Waals surface area (Å²) in [5.74, 6) is 0.627. The molecule has 0 radical (unpaired) electrons. The Morgan fingerprint density at radius 2 is 1.71 bits per heavy atom. The van der Waals surface area contributed by atoms with E-state index in [-0.39, 0.29) is 0 Å². The topological polar surface area (TPSA) is 43.8 Å². The van der Waals surface area contributed by atoms with Gasteiger partial charge in [0.2, 0.25) is 0 Å². The van der Waals surface area contributed by atoms with E-state index in [0.29, 0.717) is 24.5 Å². The fourth-order valence-corrected chi connectivity index (χ4v) is 2.56. The summed E-state index contributed by atoms with van der Waals surface area (Å²) in [4.78, 5) is 4.27. The van der Waals surface area contributed by atoms with Gasteiger partial charge in [-0.15, -0.1) is 0 Å². The molecule has 1 aromatic heterocycles. The summed E-state index contributed by atoms with van der Waals surface area (Å²) < 4.78 is 39.9. The number of hydrogen-bond donors (Lipinski definition) is 1. The van der Waals surface area contributed by atoms with Crippen molar-refractivity contribution in [3.63, 3.8) is 0 Å². The minimum absolute atomic E-state index is 0.462. The van der Waals surface area contributed by atoms with Gasteiger partial charge >= 0.3 is 6.18 Å². The number of nitrogens with two attached hydrogens (primary N) is 1. The summed E-state index contributed by atoms with van der Waals surface area (Å²) in [5.41, 5.74) is 7.72. The maximum atomic E-state index is 12.7. The van der Waals surface area contributed by atoms with Crippen LogP contribution in [0, 0.1) is 0 Å². The third-order valence-corrected chi connectivity index (χ3v) is 3.77. The summed E-state index contributed by atoms with van der Waals surface area (Å²) >= 11 is 0. The van der Waals surface area contributed by atoms with Crippen LogP contribution in [0.3, 0.4) is 0 Å². The highest BCUT2D eigenvalue weighted by Crippen LogP contribution is 2.30. The molecule has 124 valence electrons. The summed E-state index contributed by atoms with van der Waals surface area (Å²) in [6, 6.07) is 12.9. The number of hydrogen-bond acceptors (Lipinski definition) is 2. The molecular weight excluding hydrogens is 315 g/mol. The molecule has 3 rings (SSSR count). The van der Waals surface area contributed by atoms with E-state index in [1.807, 2.05) is 35.0 Å². The van der Waals surface area contributed by atoms with Gasteiger partial charge in [0, 0.05) is 31.0 Å². The maximum Gasteiger partial charge on any atom is 0.416 e. The molecule has 0 unspecified atom stereocenters. The van der Waals surface area contributed by atoms with Crippen molar-refractivity contribution in [3.8, 4) is 11.4 Å². The lowest BCUT2D eigenvalue weighted by atomic mass is 10.1. The van der Waals surface area contributed by atoms with Crippen molar-refractivity contribution in [2.45, 2.75) is 19.3 Å². The number of nitrogens with zero attached hydrogens (tertiary/aromatic N) is 2. The van der Waals surface area contributed by atoms with Crippen LogP contribution in [0.25, 0.3) is 11.4 Å². The van der Waals surface area contributed by atoms with Gasteiger partial charge in [0.25, 0.3) is 0 Å². The molecule has 2 N–H and O–H groups in total. The van der Waals surface area contributed by atoms with Crippen LogP contribution in [-0.4, -0.2) is 9.55 Å². The van der Waals surface area contributed by atoms with Crippen LogP contribution in [0.4, 0.5) is 13.2 Å². The van der Waals surface area contributed by atoms with E-state index in [4.69, 9.17) is 5.73 Å². The first-order chi connectivity index (χ1) is 11.5. The standard InChI is InChI=1S/C18H16F3N3/c19-18(20,21)16-6-4-15(5-7-16)17-23-8-9-24(17)12-14-3-1-2-13(10-14)11-22/h1-10H,11-12,22H2. The predicted octanol–water partition coefficient (Wildman–Crippen LogP) is 4.08. The third kappa shape index (κ3) is 3.49. The number of imidazole rings is 1. The van der Waals surface area contributed by atoms with E-state index in [9.17, 15) is 13.2 Å². The zero-order valence-corrected chi connectivity index (χ0v) is 12.8. The molecule has 1 heterocycles.